The van der Waals surface area contributed by atoms with Crippen molar-refractivity contribution < 1.29 is 14.6 Å². The summed E-state index contributed by atoms with van der Waals surface area (Å²) in [6.45, 7) is 1.88. The largest absolute Gasteiger partial charge is 0.494 e. The minimum Gasteiger partial charge on any atom is -0.494 e. The highest BCUT2D eigenvalue weighted by Gasteiger charge is 2.16. The number of carbonyl (C=O) groups is 1. The summed E-state index contributed by atoms with van der Waals surface area (Å²) >= 11 is 0. The van der Waals surface area contributed by atoms with E-state index in [0.717, 1.165) is 5.69 Å². The third-order valence-corrected chi connectivity index (χ3v) is 2.69. The van der Waals surface area contributed by atoms with Crippen LogP contribution in [0.15, 0.2) is 30.5 Å². The zero-order valence-electron chi connectivity index (χ0n) is 10.3. The quantitative estimate of drug-likeness (QED) is 0.897. The number of rotatable bonds is 4. The summed E-state index contributed by atoms with van der Waals surface area (Å²) in [7, 11) is 1.57. The molecular weight excluding hydrogens is 232 g/mol. The van der Waals surface area contributed by atoms with Crippen molar-refractivity contribution in [2.75, 3.05) is 7.11 Å². The Balaban J connectivity index is 2.54. The maximum Gasteiger partial charge on any atom is 0.339 e. The first-order valence-corrected chi connectivity index (χ1v) is 5.62. The zero-order chi connectivity index (χ0) is 13.1. The highest BCUT2D eigenvalue weighted by Crippen LogP contribution is 2.22. The number of methoxy groups -OCH3 is 1. The van der Waals surface area contributed by atoms with Crippen molar-refractivity contribution in [3.05, 3.63) is 41.7 Å². The van der Waals surface area contributed by atoms with Crippen molar-refractivity contribution in [3.63, 3.8) is 0 Å². The number of para-hydroxylation sites is 2. The second-order valence-corrected chi connectivity index (χ2v) is 3.76. The van der Waals surface area contributed by atoms with Gasteiger partial charge < -0.3 is 9.84 Å². The van der Waals surface area contributed by atoms with Crippen LogP contribution in [0.25, 0.3) is 5.69 Å². The molecule has 0 aliphatic heterocycles. The van der Waals surface area contributed by atoms with Gasteiger partial charge in [0, 0.05) is 6.20 Å². The molecule has 0 saturated heterocycles. The molecule has 5 nitrogen and oxygen atoms in total. The standard InChI is InChI=1S/C13H14N2O3/c1-3-10-9(13(16)17)8-15(14-10)11-6-4-5-7-12(11)18-2/h4-8H,3H2,1-2H3,(H,16,17). The Morgan fingerprint density at radius 3 is 2.72 bits per heavy atom. The van der Waals surface area contributed by atoms with E-state index in [-0.39, 0.29) is 5.56 Å². The summed E-state index contributed by atoms with van der Waals surface area (Å²) in [5, 5.41) is 13.4. The van der Waals surface area contributed by atoms with Gasteiger partial charge in [-0.25, -0.2) is 9.48 Å². The lowest BCUT2D eigenvalue weighted by molar-refractivity contribution is 0.0695. The van der Waals surface area contributed by atoms with E-state index in [9.17, 15) is 4.79 Å². The number of benzene rings is 1. The second-order valence-electron chi connectivity index (χ2n) is 3.76. The average Bonchev–Trinajstić information content (AvgIpc) is 2.82. The first kappa shape index (κ1) is 12.2. The van der Waals surface area contributed by atoms with Crippen LogP contribution in [0, 0.1) is 0 Å². The fraction of sp³-hybridized carbons (Fsp3) is 0.231. The van der Waals surface area contributed by atoms with Crippen molar-refractivity contribution in [2.24, 2.45) is 0 Å². The van der Waals surface area contributed by atoms with Crippen molar-refractivity contribution in [2.45, 2.75) is 13.3 Å². The van der Waals surface area contributed by atoms with Crippen LogP contribution < -0.4 is 4.74 Å². The highest BCUT2D eigenvalue weighted by molar-refractivity contribution is 5.88. The van der Waals surface area contributed by atoms with Crippen LogP contribution in [0.3, 0.4) is 0 Å². The summed E-state index contributed by atoms with van der Waals surface area (Å²) in [6.07, 6.45) is 2.09. The van der Waals surface area contributed by atoms with Crippen LogP contribution in [-0.4, -0.2) is 28.0 Å². The third kappa shape index (κ3) is 2.07. The lowest BCUT2D eigenvalue weighted by Crippen LogP contribution is -1.98. The molecule has 0 atom stereocenters. The van der Waals surface area contributed by atoms with E-state index >= 15 is 0 Å². The Morgan fingerprint density at radius 2 is 2.17 bits per heavy atom. The molecule has 0 unspecified atom stereocenters. The summed E-state index contributed by atoms with van der Waals surface area (Å²) in [5.41, 5.74) is 1.51. The molecule has 0 saturated carbocycles. The van der Waals surface area contributed by atoms with Crippen LogP contribution in [0.1, 0.15) is 23.0 Å². The van der Waals surface area contributed by atoms with E-state index in [0.29, 0.717) is 17.9 Å². The molecule has 1 aromatic heterocycles. The van der Waals surface area contributed by atoms with Gasteiger partial charge in [-0.3, -0.25) is 0 Å². The maximum atomic E-state index is 11.1. The number of aromatic carboxylic acids is 1. The molecule has 0 aliphatic rings. The summed E-state index contributed by atoms with van der Waals surface area (Å²) in [6, 6.07) is 7.34. The van der Waals surface area contributed by atoms with Crippen molar-refractivity contribution in [1.82, 2.24) is 9.78 Å². The Kier molecular flexibility index (Phi) is 3.32. The van der Waals surface area contributed by atoms with Crippen molar-refractivity contribution in [1.29, 1.82) is 0 Å². The fourth-order valence-corrected chi connectivity index (χ4v) is 1.79. The SMILES string of the molecule is CCc1nn(-c2ccccc2OC)cc1C(=O)O. The molecule has 0 aliphatic carbocycles. The van der Waals surface area contributed by atoms with E-state index in [1.165, 1.54) is 6.20 Å². The lowest BCUT2D eigenvalue weighted by Gasteiger charge is -2.07. The summed E-state index contributed by atoms with van der Waals surface area (Å²) in [4.78, 5) is 11.1. The van der Waals surface area contributed by atoms with Gasteiger partial charge in [-0.2, -0.15) is 5.10 Å². The minimum atomic E-state index is -0.965. The molecule has 1 N–H and O–H groups in total. The monoisotopic (exact) mass is 246 g/mol. The Hall–Kier alpha value is -2.30. The molecular formula is C13H14N2O3. The predicted octanol–water partition coefficient (Wildman–Crippen LogP) is 2.14. The first-order chi connectivity index (χ1) is 8.67. The number of ether oxygens (including phenoxy) is 1. The van der Waals surface area contributed by atoms with E-state index in [1.807, 2.05) is 31.2 Å². The second kappa shape index (κ2) is 4.91. The fourth-order valence-electron chi connectivity index (χ4n) is 1.79. The highest BCUT2D eigenvalue weighted by atomic mass is 16.5. The van der Waals surface area contributed by atoms with Gasteiger partial charge in [-0.1, -0.05) is 19.1 Å². The van der Waals surface area contributed by atoms with E-state index < -0.39 is 5.97 Å². The molecule has 0 bridgehead atoms. The Morgan fingerprint density at radius 1 is 1.44 bits per heavy atom. The number of nitrogens with zero attached hydrogens (tertiary/aromatic N) is 2. The zero-order valence-corrected chi connectivity index (χ0v) is 10.3. The van der Waals surface area contributed by atoms with E-state index in [4.69, 9.17) is 9.84 Å². The molecule has 94 valence electrons. The van der Waals surface area contributed by atoms with Gasteiger partial charge in [0.1, 0.15) is 17.0 Å². The van der Waals surface area contributed by atoms with Gasteiger partial charge in [0.05, 0.1) is 12.8 Å². The molecule has 0 fully saturated rings. The maximum absolute atomic E-state index is 11.1. The lowest BCUT2D eigenvalue weighted by atomic mass is 10.2. The Bertz CT molecular complexity index is 575. The molecule has 1 aromatic carbocycles. The van der Waals surface area contributed by atoms with Crippen molar-refractivity contribution in [3.8, 4) is 11.4 Å². The molecule has 5 heteroatoms. The van der Waals surface area contributed by atoms with Crippen LogP contribution in [0.5, 0.6) is 5.75 Å². The van der Waals surface area contributed by atoms with Crippen LogP contribution >= 0.6 is 0 Å². The first-order valence-electron chi connectivity index (χ1n) is 5.62. The summed E-state index contributed by atoms with van der Waals surface area (Å²) < 4.78 is 6.78. The number of aromatic nitrogens is 2. The van der Waals surface area contributed by atoms with Crippen LogP contribution in [0.4, 0.5) is 0 Å². The van der Waals surface area contributed by atoms with Gasteiger partial charge in [0.2, 0.25) is 0 Å². The normalized spacial score (nSPS) is 10.3. The topological polar surface area (TPSA) is 64.4 Å². The molecule has 0 spiro atoms. The van der Waals surface area contributed by atoms with Crippen molar-refractivity contribution >= 4 is 5.97 Å². The number of hydrogen-bond donors (Lipinski definition) is 1. The van der Waals surface area contributed by atoms with E-state index in [2.05, 4.69) is 5.10 Å². The van der Waals surface area contributed by atoms with Gasteiger partial charge in [0.15, 0.2) is 0 Å². The molecule has 1 heterocycles. The predicted molar refractivity (Wildman–Crippen MR) is 66.5 cm³/mol. The minimum absolute atomic E-state index is 0.225. The molecule has 0 amide bonds. The van der Waals surface area contributed by atoms with E-state index in [1.54, 1.807) is 11.8 Å². The van der Waals surface area contributed by atoms with Gasteiger partial charge in [0.25, 0.3) is 0 Å². The Labute approximate surface area is 105 Å². The smallest absolute Gasteiger partial charge is 0.339 e. The molecule has 18 heavy (non-hydrogen) atoms. The number of aryl methyl sites for hydroxylation is 1. The van der Waals surface area contributed by atoms with Crippen LogP contribution in [-0.2, 0) is 6.42 Å². The molecule has 2 rings (SSSR count). The van der Waals surface area contributed by atoms with Gasteiger partial charge >= 0.3 is 5.97 Å². The molecule has 2 aromatic rings. The van der Waals surface area contributed by atoms with Gasteiger partial charge in [-0.15, -0.1) is 0 Å². The average molecular weight is 246 g/mol. The van der Waals surface area contributed by atoms with Crippen LogP contribution in [0.2, 0.25) is 0 Å². The van der Waals surface area contributed by atoms with Gasteiger partial charge in [-0.05, 0) is 18.6 Å². The number of carboxylic acid groups (broad SMARTS) is 1. The summed E-state index contributed by atoms with van der Waals surface area (Å²) in [5.74, 6) is -0.312. The number of carboxylic acids is 1. The third-order valence-electron chi connectivity index (χ3n) is 2.69. The number of hydrogen-bond acceptors (Lipinski definition) is 3. The molecule has 0 radical (unpaired) electrons.